The van der Waals surface area contributed by atoms with E-state index in [1.807, 2.05) is 0 Å². The van der Waals surface area contributed by atoms with Gasteiger partial charge >= 0.3 is 12.1 Å². The molecule has 3 atom stereocenters. The van der Waals surface area contributed by atoms with Gasteiger partial charge in [-0.05, 0) is 52.4 Å². The minimum atomic E-state index is -0.886. The molecule has 2 aliphatic rings. The first-order valence-electron chi connectivity index (χ1n) is 8.07. The van der Waals surface area contributed by atoms with Gasteiger partial charge in [-0.1, -0.05) is 0 Å². The molecule has 1 aliphatic carbocycles. The Morgan fingerprint density at radius 1 is 1.35 bits per heavy atom. The Hall–Kier alpha value is -1.79. The molecule has 2 N–H and O–H groups in total. The van der Waals surface area contributed by atoms with Gasteiger partial charge in [0.05, 0.1) is 7.11 Å². The van der Waals surface area contributed by atoms with E-state index in [9.17, 15) is 14.4 Å². The average molecular weight is 326 g/mol. The van der Waals surface area contributed by atoms with Gasteiger partial charge in [-0.3, -0.25) is 4.79 Å². The summed E-state index contributed by atoms with van der Waals surface area (Å²) in [4.78, 5) is 35.9. The lowest BCUT2D eigenvalue weighted by Crippen LogP contribution is -2.45. The number of amides is 2. The number of carbonyl (C=O) groups is 3. The molecule has 130 valence electrons. The highest BCUT2D eigenvalue weighted by molar-refractivity contribution is 5.85. The van der Waals surface area contributed by atoms with Crippen molar-refractivity contribution in [2.75, 3.05) is 7.11 Å². The highest BCUT2D eigenvalue weighted by Gasteiger charge is 2.42. The zero-order valence-electron chi connectivity index (χ0n) is 14.2. The molecular formula is C16H26N2O5. The number of esters is 1. The van der Waals surface area contributed by atoms with Crippen molar-refractivity contribution in [3.05, 3.63) is 0 Å². The molecule has 1 unspecified atom stereocenters. The van der Waals surface area contributed by atoms with Gasteiger partial charge in [0.2, 0.25) is 5.91 Å². The van der Waals surface area contributed by atoms with Crippen LogP contribution in [-0.2, 0) is 19.1 Å². The lowest BCUT2D eigenvalue weighted by Gasteiger charge is -2.23. The van der Waals surface area contributed by atoms with Crippen LogP contribution >= 0.6 is 0 Å². The van der Waals surface area contributed by atoms with Gasteiger partial charge in [-0.2, -0.15) is 0 Å². The zero-order chi connectivity index (χ0) is 17.2. The van der Waals surface area contributed by atoms with Gasteiger partial charge in [0.1, 0.15) is 11.6 Å². The Bertz CT molecular complexity index is 481. The summed E-state index contributed by atoms with van der Waals surface area (Å²) in [7, 11) is 1.26. The molecule has 7 heteroatoms. The van der Waals surface area contributed by atoms with E-state index in [1.54, 1.807) is 20.8 Å². The molecule has 0 radical (unpaired) electrons. The largest absolute Gasteiger partial charge is 0.467 e. The van der Waals surface area contributed by atoms with E-state index in [1.165, 1.54) is 7.11 Å². The van der Waals surface area contributed by atoms with Crippen LogP contribution in [0.1, 0.15) is 46.5 Å². The molecule has 2 fully saturated rings. The van der Waals surface area contributed by atoms with Crippen LogP contribution in [0.5, 0.6) is 0 Å². The van der Waals surface area contributed by atoms with Crippen LogP contribution in [0.3, 0.4) is 0 Å². The molecule has 1 aliphatic heterocycles. The van der Waals surface area contributed by atoms with Crippen molar-refractivity contribution in [2.45, 2.75) is 64.1 Å². The molecule has 1 heterocycles. The molecule has 0 aromatic heterocycles. The highest BCUT2D eigenvalue weighted by atomic mass is 16.6. The first-order chi connectivity index (χ1) is 10.7. The maximum atomic E-state index is 12.1. The molecule has 2 rings (SSSR count). The maximum absolute atomic E-state index is 12.1. The minimum absolute atomic E-state index is 0.0539. The Morgan fingerprint density at radius 2 is 2.00 bits per heavy atom. The third-order valence-corrected chi connectivity index (χ3v) is 4.12. The van der Waals surface area contributed by atoms with Crippen LogP contribution in [-0.4, -0.2) is 42.8 Å². The van der Waals surface area contributed by atoms with Crippen LogP contribution in [0.15, 0.2) is 0 Å². The minimum Gasteiger partial charge on any atom is -0.467 e. The van der Waals surface area contributed by atoms with Crippen molar-refractivity contribution < 1.29 is 23.9 Å². The molecule has 0 aromatic rings. The zero-order valence-corrected chi connectivity index (χ0v) is 14.2. The van der Waals surface area contributed by atoms with Crippen LogP contribution in [0.4, 0.5) is 4.79 Å². The Labute approximate surface area is 136 Å². The van der Waals surface area contributed by atoms with E-state index >= 15 is 0 Å². The monoisotopic (exact) mass is 326 g/mol. The Morgan fingerprint density at radius 3 is 2.52 bits per heavy atom. The van der Waals surface area contributed by atoms with E-state index < -0.39 is 23.7 Å². The Kier molecular flexibility index (Phi) is 5.16. The SMILES string of the molecule is COC(=O)[C@H](C[C@@H]1CC(C2CC2)NC1=O)NC(=O)OC(C)(C)C. The van der Waals surface area contributed by atoms with E-state index in [-0.39, 0.29) is 24.3 Å². The van der Waals surface area contributed by atoms with Gasteiger partial charge in [-0.25, -0.2) is 9.59 Å². The Balaban J connectivity index is 1.94. The third kappa shape index (κ3) is 5.11. The second-order valence-corrected chi connectivity index (χ2v) is 7.34. The first kappa shape index (κ1) is 17.6. The fourth-order valence-electron chi connectivity index (χ4n) is 2.88. The first-order valence-corrected chi connectivity index (χ1v) is 8.07. The number of ether oxygens (including phenoxy) is 2. The van der Waals surface area contributed by atoms with E-state index in [0.29, 0.717) is 12.3 Å². The maximum Gasteiger partial charge on any atom is 0.408 e. The number of rotatable bonds is 5. The number of hydrogen-bond acceptors (Lipinski definition) is 5. The molecule has 1 saturated carbocycles. The summed E-state index contributed by atoms with van der Waals surface area (Å²) in [5.41, 5.74) is -0.660. The fourth-order valence-corrected chi connectivity index (χ4v) is 2.88. The summed E-state index contributed by atoms with van der Waals surface area (Å²) in [6.07, 6.45) is 2.53. The molecule has 0 bridgehead atoms. The lowest BCUT2D eigenvalue weighted by atomic mass is 9.95. The van der Waals surface area contributed by atoms with Gasteiger partial charge in [-0.15, -0.1) is 0 Å². The number of hydrogen-bond donors (Lipinski definition) is 2. The number of alkyl carbamates (subject to hydrolysis) is 1. The van der Waals surface area contributed by atoms with E-state index in [2.05, 4.69) is 10.6 Å². The van der Waals surface area contributed by atoms with Crippen molar-refractivity contribution in [1.82, 2.24) is 10.6 Å². The number of nitrogens with one attached hydrogen (secondary N) is 2. The summed E-state index contributed by atoms with van der Waals surface area (Å²) in [5, 5.41) is 5.50. The smallest absolute Gasteiger partial charge is 0.408 e. The summed E-state index contributed by atoms with van der Waals surface area (Å²) in [5.74, 6) is -0.348. The van der Waals surface area contributed by atoms with E-state index in [0.717, 1.165) is 12.8 Å². The van der Waals surface area contributed by atoms with Crippen molar-refractivity contribution >= 4 is 18.0 Å². The summed E-state index contributed by atoms with van der Waals surface area (Å²) in [6.45, 7) is 5.22. The van der Waals surface area contributed by atoms with E-state index in [4.69, 9.17) is 9.47 Å². The standard InChI is InChI=1S/C16H26N2O5/c1-16(2,3)23-15(21)18-12(14(20)22-4)8-10-7-11(9-5-6-9)17-13(10)19/h9-12H,5-8H2,1-4H3,(H,17,19)(H,18,21)/t10-,11?,12-/m0/s1. The van der Waals surface area contributed by atoms with Crippen LogP contribution in [0.25, 0.3) is 0 Å². The molecule has 1 saturated heterocycles. The quantitative estimate of drug-likeness (QED) is 0.744. The second-order valence-electron chi connectivity index (χ2n) is 7.34. The molecular weight excluding hydrogens is 300 g/mol. The summed E-state index contributed by atoms with van der Waals surface area (Å²) in [6, 6.07) is -0.684. The molecule has 0 aromatic carbocycles. The molecule has 0 spiro atoms. The normalized spacial score (nSPS) is 25.5. The van der Waals surface area contributed by atoms with Gasteiger partial charge in [0, 0.05) is 12.0 Å². The second kappa shape index (κ2) is 6.76. The van der Waals surface area contributed by atoms with Crippen molar-refractivity contribution in [2.24, 2.45) is 11.8 Å². The summed E-state index contributed by atoms with van der Waals surface area (Å²) < 4.78 is 9.90. The molecule has 2 amide bonds. The predicted molar refractivity (Wildman–Crippen MR) is 82.6 cm³/mol. The van der Waals surface area contributed by atoms with Gasteiger partial charge in [0.25, 0.3) is 0 Å². The average Bonchev–Trinajstić information content (AvgIpc) is 3.21. The summed E-state index contributed by atoms with van der Waals surface area (Å²) >= 11 is 0. The third-order valence-electron chi connectivity index (χ3n) is 4.12. The van der Waals surface area contributed by atoms with Gasteiger partial charge in [0.15, 0.2) is 0 Å². The highest BCUT2D eigenvalue weighted by Crippen LogP contribution is 2.38. The molecule has 23 heavy (non-hydrogen) atoms. The van der Waals surface area contributed by atoms with Crippen molar-refractivity contribution in [1.29, 1.82) is 0 Å². The fraction of sp³-hybridized carbons (Fsp3) is 0.812. The molecule has 7 nitrogen and oxygen atoms in total. The van der Waals surface area contributed by atoms with Crippen LogP contribution in [0.2, 0.25) is 0 Å². The van der Waals surface area contributed by atoms with Crippen LogP contribution in [0, 0.1) is 11.8 Å². The van der Waals surface area contributed by atoms with Crippen molar-refractivity contribution in [3.63, 3.8) is 0 Å². The number of carbonyl (C=O) groups excluding carboxylic acids is 3. The van der Waals surface area contributed by atoms with Gasteiger partial charge < -0.3 is 20.1 Å². The lowest BCUT2D eigenvalue weighted by molar-refractivity contribution is -0.143. The van der Waals surface area contributed by atoms with Crippen LogP contribution < -0.4 is 10.6 Å². The number of methoxy groups -OCH3 is 1. The topological polar surface area (TPSA) is 93.7 Å². The predicted octanol–water partition coefficient (Wildman–Crippen LogP) is 1.36. The van der Waals surface area contributed by atoms with Crippen molar-refractivity contribution in [3.8, 4) is 0 Å².